The second-order valence-corrected chi connectivity index (χ2v) is 6.49. The zero-order valence-electron chi connectivity index (χ0n) is 16.5. The summed E-state index contributed by atoms with van der Waals surface area (Å²) < 4.78 is 39.2. The largest absolute Gasteiger partial charge is 0.497 e. The first kappa shape index (κ1) is 21.2. The highest BCUT2D eigenvalue weighted by molar-refractivity contribution is 6.02. The smallest absolute Gasteiger partial charge is 0.387 e. The summed E-state index contributed by atoms with van der Waals surface area (Å²) in [5.74, 6) is -0.575. The zero-order chi connectivity index (χ0) is 21.8. The molecule has 0 aliphatic rings. The summed E-state index contributed by atoms with van der Waals surface area (Å²) in [6.45, 7) is 0.161. The van der Waals surface area contributed by atoms with Crippen molar-refractivity contribution < 1.29 is 32.6 Å². The molecular weight excluding hydrogens is 396 g/mol. The minimum atomic E-state index is -2.95. The van der Waals surface area contributed by atoms with Crippen molar-refractivity contribution in [2.24, 2.45) is 0 Å². The van der Waals surface area contributed by atoms with Crippen molar-refractivity contribution in [1.29, 1.82) is 0 Å². The Morgan fingerprint density at radius 3 is 2.30 bits per heavy atom. The molecule has 0 amide bonds. The van der Waals surface area contributed by atoms with Gasteiger partial charge in [-0.25, -0.2) is 4.79 Å². The molecule has 0 aliphatic carbocycles. The number of esters is 1. The number of Topliss-reactive ketones (excluding diaryl/α,β-unsaturated/α-hetero) is 1. The van der Waals surface area contributed by atoms with Crippen LogP contribution in [0, 0.1) is 6.92 Å². The molecule has 0 fully saturated rings. The number of benzene rings is 2. The molecule has 6 nitrogen and oxygen atoms in total. The second-order valence-electron chi connectivity index (χ2n) is 6.49. The highest BCUT2D eigenvalue weighted by atomic mass is 19.3. The molecule has 1 atom stereocenters. The Hall–Kier alpha value is -3.55. The molecule has 8 heteroatoms. The molecule has 0 aliphatic heterocycles. The van der Waals surface area contributed by atoms with Crippen LogP contribution in [0.5, 0.6) is 11.5 Å². The molecule has 0 spiro atoms. The minimum Gasteiger partial charge on any atom is -0.497 e. The summed E-state index contributed by atoms with van der Waals surface area (Å²) in [5, 5.41) is 0.724. The number of alkyl halides is 2. The number of aromatic nitrogens is 1. The number of methoxy groups -OCH3 is 1. The summed E-state index contributed by atoms with van der Waals surface area (Å²) in [4.78, 5) is 29.5. The van der Waals surface area contributed by atoms with Crippen LogP contribution >= 0.6 is 0 Å². The minimum absolute atomic E-state index is 0.0688. The Morgan fingerprint density at radius 1 is 1.00 bits per heavy atom. The second kappa shape index (κ2) is 8.86. The summed E-state index contributed by atoms with van der Waals surface area (Å²) >= 11 is 0. The number of carbonyl (C=O) groups is 2. The fraction of sp³-hybridized carbons (Fsp3) is 0.227. The summed E-state index contributed by atoms with van der Waals surface area (Å²) in [6, 6.07) is 12.1. The summed E-state index contributed by atoms with van der Waals surface area (Å²) in [6.07, 6.45) is -1.08. The summed E-state index contributed by atoms with van der Waals surface area (Å²) in [5.41, 5.74) is 1.57. The molecule has 0 bridgehead atoms. The van der Waals surface area contributed by atoms with E-state index in [4.69, 9.17) is 9.47 Å². The van der Waals surface area contributed by atoms with E-state index in [0.717, 1.165) is 5.39 Å². The maximum absolute atomic E-state index is 12.6. The van der Waals surface area contributed by atoms with Gasteiger partial charge in [0.05, 0.1) is 23.9 Å². The number of rotatable bonds is 7. The summed E-state index contributed by atoms with van der Waals surface area (Å²) in [7, 11) is 1.55. The molecule has 2 aromatic carbocycles. The van der Waals surface area contributed by atoms with Crippen LogP contribution in [-0.4, -0.2) is 36.6 Å². The van der Waals surface area contributed by atoms with Crippen LogP contribution in [-0.2, 0) is 4.74 Å². The predicted molar refractivity (Wildman–Crippen MR) is 105 cm³/mol. The van der Waals surface area contributed by atoms with Gasteiger partial charge in [0, 0.05) is 17.0 Å². The Kier molecular flexibility index (Phi) is 6.25. The van der Waals surface area contributed by atoms with Gasteiger partial charge in [0.2, 0.25) is 5.78 Å². The SMILES string of the molecule is COc1ccc2cc(C(=O)OC(C)C(=O)c3ccc(OC(F)F)cc3)c(C)nc2c1. The van der Waals surface area contributed by atoms with Crippen molar-refractivity contribution in [3.05, 3.63) is 65.4 Å². The quantitative estimate of drug-likeness (QED) is 0.415. The van der Waals surface area contributed by atoms with Crippen LogP contribution in [0.25, 0.3) is 10.9 Å². The number of halogens is 2. The maximum Gasteiger partial charge on any atom is 0.387 e. The van der Waals surface area contributed by atoms with Crippen molar-refractivity contribution >= 4 is 22.7 Å². The number of hydrogen-bond acceptors (Lipinski definition) is 6. The van der Waals surface area contributed by atoms with Crippen molar-refractivity contribution in [2.75, 3.05) is 7.11 Å². The van der Waals surface area contributed by atoms with Gasteiger partial charge in [0.15, 0.2) is 6.10 Å². The molecule has 1 heterocycles. The third-order valence-electron chi connectivity index (χ3n) is 4.45. The molecule has 0 saturated carbocycles. The van der Waals surface area contributed by atoms with E-state index in [1.54, 1.807) is 38.3 Å². The van der Waals surface area contributed by atoms with E-state index >= 15 is 0 Å². The normalized spacial score (nSPS) is 11.9. The molecule has 1 aromatic heterocycles. The van der Waals surface area contributed by atoms with Crippen LogP contribution in [0.15, 0.2) is 48.5 Å². The Labute approximate surface area is 171 Å². The van der Waals surface area contributed by atoms with E-state index in [2.05, 4.69) is 9.72 Å². The Morgan fingerprint density at radius 2 is 1.67 bits per heavy atom. The standard InChI is InChI=1S/C22H19F2NO5/c1-12-18(10-15-6-9-17(28-3)11-19(15)25-12)21(27)29-13(2)20(26)14-4-7-16(8-5-14)30-22(23)24/h4-11,13,22H,1-3H3. The first-order valence-electron chi connectivity index (χ1n) is 9.04. The van der Waals surface area contributed by atoms with E-state index in [1.807, 2.05) is 0 Å². The third kappa shape index (κ3) is 4.71. The van der Waals surface area contributed by atoms with Crippen LogP contribution < -0.4 is 9.47 Å². The predicted octanol–water partition coefficient (Wildman–Crippen LogP) is 4.58. The lowest BCUT2D eigenvalue weighted by molar-refractivity contribution is -0.0498. The monoisotopic (exact) mass is 415 g/mol. The lowest BCUT2D eigenvalue weighted by atomic mass is 10.1. The molecule has 1 unspecified atom stereocenters. The number of ketones is 1. The van der Waals surface area contributed by atoms with Gasteiger partial charge in [-0.05, 0) is 56.3 Å². The van der Waals surface area contributed by atoms with Crippen molar-refractivity contribution in [1.82, 2.24) is 4.98 Å². The fourth-order valence-corrected chi connectivity index (χ4v) is 2.89. The number of carbonyl (C=O) groups excluding carboxylic acids is 2. The molecule has 30 heavy (non-hydrogen) atoms. The van der Waals surface area contributed by atoms with Crippen LogP contribution in [0.3, 0.4) is 0 Å². The fourth-order valence-electron chi connectivity index (χ4n) is 2.89. The highest BCUT2D eigenvalue weighted by Gasteiger charge is 2.22. The van der Waals surface area contributed by atoms with Gasteiger partial charge >= 0.3 is 12.6 Å². The van der Waals surface area contributed by atoms with Gasteiger partial charge in [0.1, 0.15) is 11.5 Å². The number of aryl methyl sites for hydroxylation is 1. The van der Waals surface area contributed by atoms with Gasteiger partial charge in [-0.3, -0.25) is 9.78 Å². The van der Waals surface area contributed by atoms with Gasteiger partial charge in [0.25, 0.3) is 0 Å². The third-order valence-corrected chi connectivity index (χ3v) is 4.45. The number of pyridine rings is 1. The van der Waals surface area contributed by atoms with E-state index < -0.39 is 24.5 Å². The first-order chi connectivity index (χ1) is 14.3. The number of hydrogen-bond donors (Lipinski definition) is 0. The molecular formula is C22H19F2NO5. The molecule has 0 radical (unpaired) electrons. The lowest BCUT2D eigenvalue weighted by Gasteiger charge is -2.14. The first-order valence-corrected chi connectivity index (χ1v) is 9.04. The van der Waals surface area contributed by atoms with Crippen molar-refractivity contribution in [3.63, 3.8) is 0 Å². The average molecular weight is 415 g/mol. The van der Waals surface area contributed by atoms with Crippen molar-refractivity contribution in [3.8, 4) is 11.5 Å². The van der Waals surface area contributed by atoms with E-state index in [-0.39, 0.29) is 16.9 Å². The Balaban J connectivity index is 1.74. The molecule has 0 saturated heterocycles. The molecule has 0 N–H and O–H groups in total. The Bertz CT molecular complexity index is 1080. The van der Waals surface area contributed by atoms with Crippen LogP contribution in [0.4, 0.5) is 8.78 Å². The highest BCUT2D eigenvalue weighted by Crippen LogP contribution is 2.23. The van der Waals surface area contributed by atoms with Crippen molar-refractivity contribution in [2.45, 2.75) is 26.6 Å². The molecule has 3 aromatic rings. The van der Waals surface area contributed by atoms with Gasteiger partial charge in [-0.2, -0.15) is 8.78 Å². The van der Waals surface area contributed by atoms with E-state index in [9.17, 15) is 18.4 Å². The zero-order valence-corrected chi connectivity index (χ0v) is 16.5. The number of fused-ring (bicyclic) bond motifs is 1. The van der Waals surface area contributed by atoms with E-state index in [1.165, 1.54) is 31.2 Å². The van der Waals surface area contributed by atoms with E-state index in [0.29, 0.717) is 17.0 Å². The topological polar surface area (TPSA) is 74.7 Å². The lowest BCUT2D eigenvalue weighted by Crippen LogP contribution is -2.25. The molecule has 3 rings (SSSR count). The van der Waals surface area contributed by atoms with Crippen LogP contribution in [0.2, 0.25) is 0 Å². The maximum atomic E-state index is 12.6. The van der Waals surface area contributed by atoms with Gasteiger partial charge in [-0.1, -0.05) is 0 Å². The van der Waals surface area contributed by atoms with Crippen LogP contribution in [0.1, 0.15) is 33.3 Å². The molecule has 156 valence electrons. The number of nitrogens with zero attached hydrogens (tertiary/aromatic N) is 1. The number of ether oxygens (including phenoxy) is 3. The average Bonchev–Trinajstić information content (AvgIpc) is 2.72. The van der Waals surface area contributed by atoms with Gasteiger partial charge in [-0.15, -0.1) is 0 Å². The van der Waals surface area contributed by atoms with Gasteiger partial charge < -0.3 is 14.2 Å².